The van der Waals surface area contributed by atoms with Gasteiger partial charge in [-0.1, -0.05) is 182 Å². The molecule has 60 heavy (non-hydrogen) atoms. The molecule has 12 rings (SSSR count). The quantitative estimate of drug-likeness (QED) is 0.169. The van der Waals surface area contributed by atoms with Crippen LogP contribution in [0.15, 0.2) is 223 Å². The Kier molecular flexibility index (Phi) is 7.76. The largest absolute Gasteiger partial charge is 0.456 e. The molecule has 3 heteroatoms. The number of hydrogen-bond acceptors (Lipinski definition) is 3. The minimum Gasteiger partial charge on any atom is -0.456 e. The molecule has 0 unspecified atom stereocenters. The second-order valence-corrected chi connectivity index (χ2v) is 15.6. The minimum absolute atomic E-state index is 0.435. The Morgan fingerprint density at radius 3 is 1.65 bits per heavy atom. The lowest BCUT2D eigenvalue weighted by Crippen LogP contribution is -2.28. The van der Waals surface area contributed by atoms with Crippen LogP contribution in [0, 0.1) is 0 Å². The van der Waals surface area contributed by atoms with Crippen LogP contribution in [0.3, 0.4) is 0 Å². The summed E-state index contributed by atoms with van der Waals surface area (Å²) in [6.45, 7) is 0. The van der Waals surface area contributed by atoms with E-state index >= 15 is 0 Å². The second kappa shape index (κ2) is 13.6. The highest BCUT2D eigenvalue weighted by Crippen LogP contribution is 2.57. The molecule has 0 aliphatic heterocycles. The van der Waals surface area contributed by atoms with E-state index in [0.717, 1.165) is 55.4 Å². The summed E-state index contributed by atoms with van der Waals surface area (Å²) in [5.74, 6) is 0.686. The molecule has 0 saturated heterocycles. The van der Waals surface area contributed by atoms with E-state index in [9.17, 15) is 0 Å². The molecule has 0 N–H and O–H groups in total. The molecular formula is C57H36N2O. The Balaban J connectivity index is 1.03. The summed E-state index contributed by atoms with van der Waals surface area (Å²) in [5, 5.41) is 4.47. The van der Waals surface area contributed by atoms with Gasteiger partial charge in [-0.25, -0.2) is 9.97 Å². The maximum Gasteiger partial charge on any atom is 0.160 e. The van der Waals surface area contributed by atoms with Crippen molar-refractivity contribution in [2.75, 3.05) is 0 Å². The van der Waals surface area contributed by atoms with Crippen LogP contribution in [0.5, 0.6) is 0 Å². The first kappa shape index (κ1) is 34.2. The summed E-state index contributed by atoms with van der Waals surface area (Å²) in [7, 11) is 0. The smallest absolute Gasteiger partial charge is 0.160 e. The Morgan fingerprint density at radius 1 is 0.317 bits per heavy atom. The minimum atomic E-state index is -0.435. The number of benzene rings is 9. The van der Waals surface area contributed by atoms with Crippen molar-refractivity contribution < 1.29 is 4.42 Å². The summed E-state index contributed by atoms with van der Waals surface area (Å²) in [4.78, 5) is 10.5. The molecule has 0 fully saturated rings. The highest BCUT2D eigenvalue weighted by atomic mass is 16.3. The molecule has 3 nitrogen and oxygen atoms in total. The number of rotatable bonds is 6. The van der Waals surface area contributed by atoms with E-state index in [1.165, 1.54) is 49.9 Å². The first-order valence-electron chi connectivity index (χ1n) is 20.5. The van der Waals surface area contributed by atoms with Crippen molar-refractivity contribution in [3.05, 3.63) is 241 Å². The zero-order valence-corrected chi connectivity index (χ0v) is 32.6. The molecule has 0 saturated carbocycles. The molecule has 0 atom stereocenters. The van der Waals surface area contributed by atoms with E-state index in [1.54, 1.807) is 0 Å². The van der Waals surface area contributed by atoms with Crippen molar-refractivity contribution in [1.82, 2.24) is 9.97 Å². The standard InChI is InChI=1S/C57H36N2O/c1-4-16-37(17-5-1)56-58-52(39-29-33-55-49(35-39)47-25-13-15-27-54(47)60-55)36-53(59-56)46-31-30-42(43-22-10-11-23-44(43)46)38-28-32-51-48(34-38)45-24-12-14-26-50(45)57(51,40-18-6-2-7-19-40)41-20-8-3-9-21-41/h1-36H. The zero-order chi connectivity index (χ0) is 39.6. The van der Waals surface area contributed by atoms with Crippen molar-refractivity contribution in [2.45, 2.75) is 5.41 Å². The first-order chi connectivity index (χ1) is 29.7. The predicted octanol–water partition coefficient (Wildman–Crippen LogP) is 14.6. The third-order valence-electron chi connectivity index (χ3n) is 12.4. The van der Waals surface area contributed by atoms with E-state index in [1.807, 2.05) is 30.3 Å². The number of nitrogens with zero attached hydrogens (tertiary/aromatic N) is 2. The lowest BCUT2D eigenvalue weighted by atomic mass is 9.67. The molecule has 1 aliphatic carbocycles. The number of furan rings is 1. The van der Waals surface area contributed by atoms with Gasteiger partial charge in [-0.15, -0.1) is 0 Å². The van der Waals surface area contributed by atoms with Gasteiger partial charge in [0.25, 0.3) is 0 Å². The summed E-state index contributed by atoms with van der Waals surface area (Å²) >= 11 is 0. The van der Waals surface area contributed by atoms with Crippen molar-refractivity contribution >= 4 is 32.7 Å². The molecule has 2 heterocycles. The lowest BCUT2D eigenvalue weighted by molar-refractivity contribution is 0.669. The van der Waals surface area contributed by atoms with Crippen LogP contribution in [0.25, 0.3) is 88.9 Å². The normalized spacial score (nSPS) is 12.8. The van der Waals surface area contributed by atoms with Crippen LogP contribution >= 0.6 is 0 Å². The highest BCUT2D eigenvalue weighted by molar-refractivity contribution is 6.07. The summed E-state index contributed by atoms with van der Waals surface area (Å²) < 4.78 is 6.18. The zero-order valence-electron chi connectivity index (χ0n) is 32.6. The van der Waals surface area contributed by atoms with Gasteiger partial charge in [-0.05, 0) is 91.7 Å². The van der Waals surface area contributed by atoms with Crippen molar-refractivity contribution in [3.8, 4) is 56.2 Å². The van der Waals surface area contributed by atoms with Gasteiger partial charge < -0.3 is 4.42 Å². The van der Waals surface area contributed by atoms with Gasteiger partial charge in [-0.2, -0.15) is 0 Å². The second-order valence-electron chi connectivity index (χ2n) is 15.6. The monoisotopic (exact) mass is 764 g/mol. The van der Waals surface area contributed by atoms with Gasteiger partial charge in [0.1, 0.15) is 11.2 Å². The summed E-state index contributed by atoms with van der Waals surface area (Å²) in [6, 6.07) is 78.2. The highest BCUT2D eigenvalue weighted by Gasteiger charge is 2.46. The molecule has 11 aromatic rings. The third kappa shape index (κ3) is 5.23. The van der Waals surface area contributed by atoms with E-state index < -0.39 is 5.41 Å². The topological polar surface area (TPSA) is 38.9 Å². The number of fused-ring (bicyclic) bond motifs is 7. The first-order valence-corrected chi connectivity index (χ1v) is 20.5. The van der Waals surface area contributed by atoms with Crippen LogP contribution in [-0.4, -0.2) is 9.97 Å². The predicted molar refractivity (Wildman–Crippen MR) is 246 cm³/mol. The van der Waals surface area contributed by atoms with Gasteiger partial charge in [-0.3, -0.25) is 0 Å². The Morgan fingerprint density at radius 2 is 0.883 bits per heavy atom. The maximum absolute atomic E-state index is 6.18. The molecular weight excluding hydrogens is 729 g/mol. The molecule has 9 aromatic carbocycles. The average Bonchev–Trinajstić information content (AvgIpc) is 3.85. The molecule has 2 aromatic heterocycles. The molecule has 0 amide bonds. The molecule has 0 bridgehead atoms. The van der Waals surface area contributed by atoms with Crippen molar-refractivity contribution in [2.24, 2.45) is 0 Å². The van der Waals surface area contributed by atoms with Crippen LogP contribution < -0.4 is 0 Å². The Hall–Kier alpha value is -7.88. The number of hydrogen-bond donors (Lipinski definition) is 0. The lowest BCUT2D eigenvalue weighted by Gasteiger charge is -2.33. The van der Waals surface area contributed by atoms with Gasteiger partial charge in [0.15, 0.2) is 5.82 Å². The van der Waals surface area contributed by atoms with Crippen molar-refractivity contribution in [3.63, 3.8) is 0 Å². The fraction of sp³-hybridized carbons (Fsp3) is 0.0175. The number of aromatic nitrogens is 2. The van der Waals surface area contributed by atoms with Crippen molar-refractivity contribution in [1.29, 1.82) is 0 Å². The fourth-order valence-corrected chi connectivity index (χ4v) is 9.73. The van der Waals surface area contributed by atoms with Gasteiger partial charge in [0.05, 0.1) is 16.8 Å². The average molecular weight is 765 g/mol. The Bertz CT molecular complexity index is 3380. The van der Waals surface area contributed by atoms with Crippen LogP contribution in [0.2, 0.25) is 0 Å². The molecule has 1 aliphatic rings. The van der Waals surface area contributed by atoms with Crippen LogP contribution in [0.1, 0.15) is 22.3 Å². The van der Waals surface area contributed by atoms with Crippen LogP contribution in [-0.2, 0) is 5.41 Å². The third-order valence-corrected chi connectivity index (χ3v) is 12.4. The van der Waals surface area contributed by atoms with E-state index in [-0.39, 0.29) is 0 Å². The fourth-order valence-electron chi connectivity index (χ4n) is 9.73. The van der Waals surface area contributed by atoms with E-state index in [0.29, 0.717) is 5.82 Å². The summed E-state index contributed by atoms with van der Waals surface area (Å²) in [6.07, 6.45) is 0. The van der Waals surface area contributed by atoms with Gasteiger partial charge in [0.2, 0.25) is 0 Å². The number of para-hydroxylation sites is 1. The van der Waals surface area contributed by atoms with Gasteiger partial charge >= 0.3 is 0 Å². The summed E-state index contributed by atoms with van der Waals surface area (Å²) in [5.41, 5.74) is 16.1. The van der Waals surface area contributed by atoms with E-state index in [2.05, 4.69) is 188 Å². The van der Waals surface area contributed by atoms with Crippen LogP contribution in [0.4, 0.5) is 0 Å². The maximum atomic E-state index is 6.18. The molecule has 0 spiro atoms. The Labute approximate surface area is 347 Å². The molecule has 0 radical (unpaired) electrons. The SMILES string of the molecule is c1ccc(-c2nc(-c3ccc4oc5ccccc5c4c3)cc(-c3ccc(-c4ccc5c(c4)-c4ccccc4C5(c4ccccc4)c4ccccc4)c4ccccc34)n2)cc1. The van der Waals surface area contributed by atoms with Gasteiger partial charge in [0, 0.05) is 27.5 Å². The molecule has 280 valence electrons. The van der Waals surface area contributed by atoms with E-state index in [4.69, 9.17) is 14.4 Å².